The van der Waals surface area contributed by atoms with Gasteiger partial charge in [0.05, 0.1) is 0 Å². The van der Waals surface area contributed by atoms with Crippen molar-refractivity contribution in [2.45, 2.75) is 25.8 Å². The van der Waals surface area contributed by atoms with Crippen molar-refractivity contribution in [3.05, 3.63) is 35.1 Å². The number of hydrogen-bond donors (Lipinski definition) is 2. The maximum absolute atomic E-state index is 13.2. The first-order valence-electron chi connectivity index (χ1n) is 5.89. The molecule has 0 amide bonds. The number of hydrogen-bond acceptors (Lipinski definition) is 3. The van der Waals surface area contributed by atoms with Gasteiger partial charge in [0.25, 0.3) is 0 Å². The third kappa shape index (κ3) is 4.81. The van der Waals surface area contributed by atoms with Gasteiger partial charge in [-0.2, -0.15) is 0 Å². The molecule has 1 rings (SSSR count). The monoisotopic (exact) mass is 239 g/mol. The topological polar surface area (TPSA) is 41.3 Å². The SMILES string of the molecule is Cc1ccc(F)cc1CC(CCN(C)C)NN. The average Bonchev–Trinajstić information content (AvgIpc) is 2.28. The van der Waals surface area contributed by atoms with Crippen molar-refractivity contribution in [3.8, 4) is 0 Å². The molecule has 4 heteroatoms. The lowest BCUT2D eigenvalue weighted by Gasteiger charge is -2.19. The molecule has 0 heterocycles. The van der Waals surface area contributed by atoms with Crippen LogP contribution < -0.4 is 11.3 Å². The van der Waals surface area contributed by atoms with E-state index in [1.54, 1.807) is 6.07 Å². The van der Waals surface area contributed by atoms with Gasteiger partial charge in [-0.25, -0.2) is 4.39 Å². The van der Waals surface area contributed by atoms with Gasteiger partial charge in [0.15, 0.2) is 0 Å². The lowest BCUT2D eigenvalue weighted by molar-refractivity contribution is 0.358. The summed E-state index contributed by atoms with van der Waals surface area (Å²) in [6, 6.07) is 5.07. The molecular weight excluding hydrogens is 217 g/mol. The quantitative estimate of drug-likeness (QED) is 0.583. The van der Waals surface area contributed by atoms with Crippen molar-refractivity contribution in [2.24, 2.45) is 5.84 Å². The molecule has 0 aliphatic heterocycles. The number of aryl methyl sites for hydroxylation is 1. The van der Waals surface area contributed by atoms with Gasteiger partial charge in [-0.1, -0.05) is 6.07 Å². The van der Waals surface area contributed by atoms with Crippen LogP contribution in [0.3, 0.4) is 0 Å². The molecule has 0 bridgehead atoms. The van der Waals surface area contributed by atoms with Gasteiger partial charge in [-0.3, -0.25) is 11.3 Å². The van der Waals surface area contributed by atoms with Crippen molar-refractivity contribution >= 4 is 0 Å². The predicted molar refractivity (Wildman–Crippen MR) is 69.1 cm³/mol. The normalized spacial score (nSPS) is 13.1. The molecule has 0 saturated heterocycles. The Morgan fingerprint density at radius 2 is 2.12 bits per heavy atom. The van der Waals surface area contributed by atoms with Crippen LogP contribution in [0.5, 0.6) is 0 Å². The van der Waals surface area contributed by atoms with Crippen LogP contribution in [-0.2, 0) is 6.42 Å². The number of benzene rings is 1. The Labute approximate surface area is 103 Å². The zero-order chi connectivity index (χ0) is 12.8. The number of halogens is 1. The van der Waals surface area contributed by atoms with Crippen molar-refractivity contribution in [1.82, 2.24) is 10.3 Å². The van der Waals surface area contributed by atoms with Crippen LogP contribution in [0.2, 0.25) is 0 Å². The maximum atomic E-state index is 13.2. The summed E-state index contributed by atoms with van der Waals surface area (Å²) in [5.41, 5.74) is 4.93. The first-order chi connectivity index (χ1) is 8.02. The van der Waals surface area contributed by atoms with Crippen LogP contribution >= 0.6 is 0 Å². The molecule has 3 nitrogen and oxygen atoms in total. The number of nitrogens with two attached hydrogens (primary N) is 1. The van der Waals surface area contributed by atoms with E-state index in [1.165, 1.54) is 6.07 Å². The van der Waals surface area contributed by atoms with Crippen LogP contribution in [0.25, 0.3) is 0 Å². The summed E-state index contributed by atoms with van der Waals surface area (Å²) in [6.07, 6.45) is 1.70. The third-order valence-electron chi connectivity index (χ3n) is 2.94. The fraction of sp³-hybridized carbons (Fsp3) is 0.538. The highest BCUT2D eigenvalue weighted by Crippen LogP contribution is 2.13. The highest BCUT2D eigenvalue weighted by molar-refractivity contribution is 5.27. The Bertz CT molecular complexity index is 353. The molecule has 0 saturated carbocycles. The second kappa shape index (κ2) is 6.69. The Balaban J connectivity index is 2.63. The molecule has 0 fully saturated rings. The molecule has 0 aliphatic carbocycles. The Morgan fingerprint density at radius 3 is 2.71 bits per heavy atom. The first-order valence-corrected chi connectivity index (χ1v) is 5.89. The van der Waals surface area contributed by atoms with E-state index in [0.717, 1.165) is 30.5 Å². The van der Waals surface area contributed by atoms with Gasteiger partial charge in [0, 0.05) is 6.04 Å². The summed E-state index contributed by atoms with van der Waals surface area (Å²) in [7, 11) is 4.06. The minimum atomic E-state index is -0.186. The van der Waals surface area contributed by atoms with Gasteiger partial charge >= 0.3 is 0 Å². The highest BCUT2D eigenvalue weighted by Gasteiger charge is 2.10. The molecular formula is C13H22FN3. The van der Waals surface area contributed by atoms with Crippen LogP contribution in [0.4, 0.5) is 4.39 Å². The maximum Gasteiger partial charge on any atom is 0.123 e. The summed E-state index contributed by atoms with van der Waals surface area (Å²) in [4.78, 5) is 2.11. The summed E-state index contributed by atoms with van der Waals surface area (Å²) >= 11 is 0. The number of nitrogens with one attached hydrogen (secondary N) is 1. The summed E-state index contributed by atoms with van der Waals surface area (Å²) < 4.78 is 13.2. The van der Waals surface area contributed by atoms with E-state index >= 15 is 0 Å². The van der Waals surface area contributed by atoms with Crippen LogP contribution in [-0.4, -0.2) is 31.6 Å². The molecule has 1 aromatic carbocycles. The zero-order valence-corrected chi connectivity index (χ0v) is 10.8. The van der Waals surface area contributed by atoms with E-state index in [9.17, 15) is 4.39 Å². The molecule has 3 N–H and O–H groups in total. The minimum absolute atomic E-state index is 0.179. The van der Waals surface area contributed by atoms with Gasteiger partial charge in [-0.05, 0) is 63.7 Å². The molecule has 0 spiro atoms. The molecule has 0 aromatic heterocycles. The van der Waals surface area contributed by atoms with E-state index in [4.69, 9.17) is 5.84 Å². The van der Waals surface area contributed by atoms with E-state index in [0.29, 0.717) is 0 Å². The van der Waals surface area contributed by atoms with Gasteiger partial charge < -0.3 is 4.90 Å². The number of nitrogens with zero attached hydrogens (tertiary/aromatic N) is 1. The fourth-order valence-corrected chi connectivity index (χ4v) is 1.78. The van der Waals surface area contributed by atoms with Gasteiger partial charge in [0.1, 0.15) is 5.82 Å². The largest absolute Gasteiger partial charge is 0.309 e. The van der Waals surface area contributed by atoms with Crippen LogP contribution in [0, 0.1) is 12.7 Å². The molecule has 17 heavy (non-hydrogen) atoms. The summed E-state index contributed by atoms with van der Waals surface area (Å²) in [5.74, 6) is 5.35. The Morgan fingerprint density at radius 1 is 1.41 bits per heavy atom. The van der Waals surface area contributed by atoms with E-state index in [2.05, 4.69) is 10.3 Å². The second-order valence-electron chi connectivity index (χ2n) is 4.73. The second-order valence-corrected chi connectivity index (χ2v) is 4.73. The Kier molecular flexibility index (Phi) is 5.55. The molecule has 0 aliphatic rings. The molecule has 1 unspecified atom stereocenters. The van der Waals surface area contributed by atoms with Crippen molar-refractivity contribution in [3.63, 3.8) is 0 Å². The van der Waals surface area contributed by atoms with Crippen molar-refractivity contribution in [2.75, 3.05) is 20.6 Å². The van der Waals surface area contributed by atoms with E-state index < -0.39 is 0 Å². The summed E-state index contributed by atoms with van der Waals surface area (Å²) in [5, 5.41) is 0. The van der Waals surface area contributed by atoms with Crippen molar-refractivity contribution in [1.29, 1.82) is 0 Å². The lowest BCUT2D eigenvalue weighted by Crippen LogP contribution is -2.39. The van der Waals surface area contributed by atoms with E-state index in [1.807, 2.05) is 27.1 Å². The lowest BCUT2D eigenvalue weighted by atomic mass is 9.99. The third-order valence-corrected chi connectivity index (χ3v) is 2.94. The highest BCUT2D eigenvalue weighted by atomic mass is 19.1. The van der Waals surface area contributed by atoms with E-state index in [-0.39, 0.29) is 11.9 Å². The fourth-order valence-electron chi connectivity index (χ4n) is 1.78. The Hall–Kier alpha value is -0.970. The minimum Gasteiger partial charge on any atom is -0.309 e. The first kappa shape index (κ1) is 14.1. The zero-order valence-electron chi connectivity index (χ0n) is 10.8. The predicted octanol–water partition coefficient (Wildman–Crippen LogP) is 1.46. The smallest absolute Gasteiger partial charge is 0.123 e. The van der Waals surface area contributed by atoms with Crippen LogP contribution in [0.1, 0.15) is 17.5 Å². The molecule has 96 valence electrons. The van der Waals surface area contributed by atoms with Gasteiger partial charge in [0.2, 0.25) is 0 Å². The van der Waals surface area contributed by atoms with Crippen LogP contribution in [0.15, 0.2) is 18.2 Å². The van der Waals surface area contributed by atoms with Gasteiger partial charge in [-0.15, -0.1) is 0 Å². The molecule has 1 atom stereocenters. The standard InChI is InChI=1S/C13H22FN3/c1-10-4-5-12(14)8-11(10)9-13(16-15)6-7-17(2)3/h4-5,8,13,16H,6-7,9,15H2,1-3H3. The summed E-state index contributed by atoms with van der Waals surface area (Å²) in [6.45, 7) is 2.96. The average molecular weight is 239 g/mol. The van der Waals surface area contributed by atoms with Crippen molar-refractivity contribution < 1.29 is 4.39 Å². The number of hydrazine groups is 1. The molecule has 1 aromatic rings. The number of rotatable bonds is 6. The molecule has 0 radical (unpaired) electrons.